The molecule has 6 nitrogen and oxygen atoms in total. The van der Waals surface area contributed by atoms with Crippen LogP contribution in [-0.2, 0) is 15.4 Å². The van der Waals surface area contributed by atoms with Crippen LogP contribution in [0.4, 0.5) is 0 Å². The Kier molecular flexibility index (Phi) is 5.78. The summed E-state index contributed by atoms with van der Waals surface area (Å²) in [5.74, 6) is 0.396. The fourth-order valence-corrected chi connectivity index (χ4v) is 6.06. The molecule has 0 saturated heterocycles. The predicted octanol–water partition coefficient (Wildman–Crippen LogP) is 5.93. The van der Waals surface area contributed by atoms with E-state index in [2.05, 4.69) is 4.98 Å². The van der Waals surface area contributed by atoms with Gasteiger partial charge < -0.3 is 10.2 Å². The minimum Gasteiger partial charge on any atom is -0.453 e. The zero-order valence-electron chi connectivity index (χ0n) is 20.8. The fourth-order valence-electron chi connectivity index (χ4n) is 5.17. The lowest BCUT2D eigenvalue weighted by atomic mass is 9.72. The molecule has 1 aliphatic carbocycles. The first kappa shape index (κ1) is 24.3. The van der Waals surface area contributed by atoms with Gasteiger partial charge in [-0.2, -0.15) is 0 Å². The number of fused-ring (bicyclic) bond motifs is 1. The molecule has 2 heterocycles. The summed E-state index contributed by atoms with van der Waals surface area (Å²) in [7, 11) is -3.56. The topological polar surface area (TPSA) is 103 Å². The molecule has 0 amide bonds. The molecule has 7 heteroatoms. The van der Waals surface area contributed by atoms with Crippen LogP contribution in [0.5, 0.6) is 0 Å². The Morgan fingerprint density at radius 2 is 1.55 bits per heavy atom. The normalized spacial score (nSPS) is 14.8. The van der Waals surface area contributed by atoms with Crippen LogP contribution in [-0.4, -0.2) is 19.7 Å². The first-order chi connectivity index (χ1) is 18.3. The molecule has 38 heavy (non-hydrogen) atoms. The summed E-state index contributed by atoms with van der Waals surface area (Å²) in [5.41, 5.74) is 9.87. The van der Waals surface area contributed by atoms with E-state index in [4.69, 9.17) is 10.2 Å². The van der Waals surface area contributed by atoms with Gasteiger partial charge in [-0.05, 0) is 42.5 Å². The molecule has 6 rings (SSSR count). The maximum atomic E-state index is 14.1. The molecular formula is C31H26N2O4S. The average Bonchev–Trinajstić information content (AvgIpc) is 2.91. The zero-order chi connectivity index (χ0) is 26.5. The van der Waals surface area contributed by atoms with Gasteiger partial charge in [-0.3, -0.25) is 9.78 Å². The molecule has 3 aromatic carbocycles. The van der Waals surface area contributed by atoms with Gasteiger partial charge in [0.05, 0.1) is 15.8 Å². The lowest BCUT2D eigenvalue weighted by Crippen LogP contribution is -2.43. The van der Waals surface area contributed by atoms with E-state index in [1.165, 1.54) is 12.3 Å². The molecule has 190 valence electrons. The summed E-state index contributed by atoms with van der Waals surface area (Å²) in [6, 6.07) is 25.5. The minimum atomic E-state index is -3.56. The van der Waals surface area contributed by atoms with Crippen LogP contribution in [0.15, 0.2) is 105 Å². The van der Waals surface area contributed by atoms with Crippen LogP contribution in [0.3, 0.4) is 0 Å². The number of rotatable bonds is 5. The number of aromatic nitrogens is 1. The number of pyridine rings is 1. The Morgan fingerprint density at radius 1 is 0.868 bits per heavy atom. The van der Waals surface area contributed by atoms with E-state index >= 15 is 0 Å². The molecular weight excluding hydrogens is 496 g/mol. The minimum absolute atomic E-state index is 0.121. The lowest BCUT2D eigenvalue weighted by molar-refractivity contribution is 0.253. The Balaban J connectivity index is 1.63. The maximum absolute atomic E-state index is 14.1. The Bertz CT molecular complexity index is 1840. The number of sulfone groups is 1. The summed E-state index contributed by atoms with van der Waals surface area (Å²) < 4.78 is 31.6. The number of nitrogens with two attached hydrogens (primary N) is 1. The van der Waals surface area contributed by atoms with Crippen molar-refractivity contribution in [3.63, 3.8) is 0 Å². The molecule has 0 atom stereocenters. The molecule has 0 aliphatic heterocycles. The molecule has 2 aromatic heterocycles. The quantitative estimate of drug-likeness (QED) is 0.307. The second-order valence-corrected chi connectivity index (χ2v) is 11.9. The second kappa shape index (κ2) is 9.04. The van der Waals surface area contributed by atoms with Crippen LogP contribution < -0.4 is 11.2 Å². The Hall–Kier alpha value is -4.07. The molecule has 0 bridgehead atoms. The summed E-state index contributed by atoms with van der Waals surface area (Å²) in [5, 5.41) is 0.325. The summed E-state index contributed by atoms with van der Waals surface area (Å²) in [6.45, 7) is 0. The van der Waals surface area contributed by atoms with E-state index < -0.39 is 9.84 Å². The van der Waals surface area contributed by atoms with E-state index in [1.807, 2.05) is 54.6 Å². The van der Waals surface area contributed by atoms with Crippen molar-refractivity contribution >= 4 is 20.8 Å². The fraction of sp³-hybridized carbons (Fsp3) is 0.161. The van der Waals surface area contributed by atoms with E-state index in [0.29, 0.717) is 28.0 Å². The van der Waals surface area contributed by atoms with Gasteiger partial charge in [0.25, 0.3) is 0 Å². The van der Waals surface area contributed by atoms with E-state index in [9.17, 15) is 13.2 Å². The third-order valence-electron chi connectivity index (χ3n) is 7.38. The van der Waals surface area contributed by atoms with Gasteiger partial charge in [-0.1, -0.05) is 72.8 Å². The highest BCUT2D eigenvalue weighted by Crippen LogP contribution is 2.40. The predicted molar refractivity (Wildman–Crippen MR) is 149 cm³/mol. The van der Waals surface area contributed by atoms with Gasteiger partial charge in [-0.25, -0.2) is 8.42 Å². The van der Waals surface area contributed by atoms with Crippen LogP contribution in [0.1, 0.15) is 24.8 Å². The van der Waals surface area contributed by atoms with E-state index in [-0.39, 0.29) is 21.4 Å². The van der Waals surface area contributed by atoms with Crippen molar-refractivity contribution in [2.75, 3.05) is 6.26 Å². The van der Waals surface area contributed by atoms with Crippen LogP contribution in [0.25, 0.3) is 44.7 Å². The number of benzene rings is 3. The van der Waals surface area contributed by atoms with Crippen molar-refractivity contribution in [3.8, 4) is 33.7 Å². The highest BCUT2D eigenvalue weighted by atomic mass is 32.2. The summed E-state index contributed by atoms with van der Waals surface area (Å²) >= 11 is 0. The van der Waals surface area contributed by atoms with Gasteiger partial charge in [0.1, 0.15) is 11.5 Å². The van der Waals surface area contributed by atoms with Crippen molar-refractivity contribution in [1.29, 1.82) is 0 Å². The van der Waals surface area contributed by atoms with E-state index in [1.54, 1.807) is 24.3 Å². The van der Waals surface area contributed by atoms with Crippen LogP contribution >= 0.6 is 0 Å². The van der Waals surface area contributed by atoms with Crippen molar-refractivity contribution in [1.82, 2.24) is 4.98 Å². The SMILES string of the molecule is CS(=O)(=O)c1ccccc1-c1nccc2c(=O)c(-c3ccc(C4(N)CCC4)cc3)c(-c3ccccc3)oc12. The smallest absolute Gasteiger partial charge is 0.201 e. The van der Waals surface area contributed by atoms with Gasteiger partial charge in [0.15, 0.2) is 15.4 Å². The first-order valence-corrected chi connectivity index (χ1v) is 14.4. The molecule has 0 unspecified atom stereocenters. The third-order valence-corrected chi connectivity index (χ3v) is 8.53. The second-order valence-electron chi connectivity index (χ2n) is 9.89. The van der Waals surface area contributed by atoms with Crippen LogP contribution in [0.2, 0.25) is 0 Å². The highest BCUT2D eigenvalue weighted by Gasteiger charge is 2.34. The van der Waals surface area contributed by atoms with Crippen molar-refractivity contribution in [2.24, 2.45) is 5.73 Å². The summed E-state index contributed by atoms with van der Waals surface area (Å²) in [6.07, 6.45) is 5.68. The van der Waals surface area contributed by atoms with E-state index in [0.717, 1.165) is 42.2 Å². The molecule has 1 saturated carbocycles. The molecule has 0 radical (unpaired) electrons. The standard InChI is InChI=1S/C31H26N2O4S/c1-38(35,36)25-11-6-5-10-23(25)27-30-24(16-19-33-27)28(34)26(29(37-30)21-8-3-2-4-9-21)20-12-14-22(15-13-20)31(32)17-7-18-31/h2-6,8-16,19H,7,17-18,32H2,1H3. The molecule has 1 aliphatic rings. The molecule has 2 N–H and O–H groups in total. The number of hydrogen-bond acceptors (Lipinski definition) is 6. The lowest BCUT2D eigenvalue weighted by Gasteiger charge is -2.38. The average molecular weight is 523 g/mol. The van der Waals surface area contributed by atoms with Gasteiger partial charge >= 0.3 is 0 Å². The largest absolute Gasteiger partial charge is 0.453 e. The monoisotopic (exact) mass is 522 g/mol. The molecule has 5 aromatic rings. The van der Waals surface area contributed by atoms with Crippen LogP contribution in [0, 0.1) is 0 Å². The Labute approximate surface area is 220 Å². The molecule has 1 fully saturated rings. The third kappa shape index (κ3) is 4.04. The number of hydrogen-bond donors (Lipinski definition) is 1. The van der Waals surface area contributed by atoms with Crippen molar-refractivity contribution < 1.29 is 12.8 Å². The highest BCUT2D eigenvalue weighted by molar-refractivity contribution is 7.90. The molecule has 0 spiro atoms. The summed E-state index contributed by atoms with van der Waals surface area (Å²) in [4.78, 5) is 18.7. The first-order valence-electron chi connectivity index (χ1n) is 12.5. The maximum Gasteiger partial charge on any atom is 0.201 e. The van der Waals surface area contributed by atoms with Gasteiger partial charge in [0, 0.05) is 29.1 Å². The number of nitrogens with zero attached hydrogens (tertiary/aromatic N) is 1. The zero-order valence-corrected chi connectivity index (χ0v) is 21.7. The Morgan fingerprint density at radius 3 is 2.21 bits per heavy atom. The van der Waals surface area contributed by atoms with Crippen molar-refractivity contribution in [2.45, 2.75) is 29.7 Å². The van der Waals surface area contributed by atoms with Gasteiger partial charge in [-0.15, -0.1) is 0 Å². The van der Waals surface area contributed by atoms with Gasteiger partial charge in [0.2, 0.25) is 5.43 Å². The van der Waals surface area contributed by atoms with Crippen molar-refractivity contribution in [3.05, 3.63) is 107 Å².